The number of aliphatic hydroxyl groups excluding tert-OH is 1. The SMILES string of the molecule is O=S(=O)(c1cccc(Br)c1)N1CCN(CC(O)c2ccccc2)CC1. The molecule has 1 N–H and O–H groups in total. The number of halogens is 1. The van der Waals surface area contributed by atoms with Crippen molar-refractivity contribution in [1.29, 1.82) is 0 Å². The number of β-amino-alcohol motifs (C(OH)–C–C–N with tert-alkyl or cyclic N) is 1. The topological polar surface area (TPSA) is 60.9 Å². The second-order valence-corrected chi connectivity index (χ2v) is 8.94. The molecule has 1 atom stereocenters. The summed E-state index contributed by atoms with van der Waals surface area (Å²) in [4.78, 5) is 2.41. The molecule has 0 saturated carbocycles. The Morgan fingerprint density at radius 3 is 2.32 bits per heavy atom. The fourth-order valence-corrected chi connectivity index (χ4v) is 4.97. The van der Waals surface area contributed by atoms with E-state index in [2.05, 4.69) is 20.8 Å². The normalized spacial score (nSPS) is 18.2. The van der Waals surface area contributed by atoms with Gasteiger partial charge in [-0.15, -0.1) is 0 Å². The fraction of sp³-hybridized carbons (Fsp3) is 0.333. The highest BCUT2D eigenvalue weighted by Crippen LogP contribution is 2.22. The third-order valence-corrected chi connectivity index (χ3v) is 6.77. The lowest BCUT2D eigenvalue weighted by Crippen LogP contribution is -2.49. The smallest absolute Gasteiger partial charge is 0.243 e. The van der Waals surface area contributed by atoms with Gasteiger partial charge in [-0.1, -0.05) is 52.3 Å². The molecule has 2 aromatic rings. The van der Waals surface area contributed by atoms with Crippen LogP contribution in [0.25, 0.3) is 0 Å². The van der Waals surface area contributed by atoms with Crippen LogP contribution in [0.2, 0.25) is 0 Å². The van der Waals surface area contributed by atoms with E-state index in [4.69, 9.17) is 0 Å². The van der Waals surface area contributed by atoms with E-state index in [1.807, 2.05) is 36.4 Å². The fourth-order valence-electron chi connectivity index (χ4n) is 2.95. The molecule has 5 nitrogen and oxygen atoms in total. The molecule has 0 amide bonds. The molecule has 134 valence electrons. The lowest BCUT2D eigenvalue weighted by molar-refractivity contribution is 0.0921. The maximum atomic E-state index is 12.7. The minimum Gasteiger partial charge on any atom is -0.387 e. The van der Waals surface area contributed by atoms with Crippen molar-refractivity contribution in [3.05, 3.63) is 64.6 Å². The van der Waals surface area contributed by atoms with E-state index in [-0.39, 0.29) is 0 Å². The Morgan fingerprint density at radius 2 is 1.68 bits per heavy atom. The van der Waals surface area contributed by atoms with Gasteiger partial charge in [0.1, 0.15) is 0 Å². The molecule has 0 aromatic heterocycles. The molecule has 2 aromatic carbocycles. The lowest BCUT2D eigenvalue weighted by Gasteiger charge is -2.35. The van der Waals surface area contributed by atoms with Gasteiger partial charge in [0.05, 0.1) is 11.0 Å². The first-order valence-electron chi connectivity index (χ1n) is 8.18. The average molecular weight is 425 g/mol. The molecular weight excluding hydrogens is 404 g/mol. The van der Waals surface area contributed by atoms with Crippen LogP contribution in [0.15, 0.2) is 64.0 Å². The zero-order chi connectivity index (χ0) is 17.9. The highest BCUT2D eigenvalue weighted by atomic mass is 79.9. The van der Waals surface area contributed by atoms with Crippen molar-refractivity contribution in [2.75, 3.05) is 32.7 Å². The molecule has 0 bridgehead atoms. The lowest BCUT2D eigenvalue weighted by atomic mass is 10.1. The summed E-state index contributed by atoms with van der Waals surface area (Å²) in [6, 6.07) is 16.3. The average Bonchev–Trinajstić information content (AvgIpc) is 2.63. The highest BCUT2D eigenvalue weighted by molar-refractivity contribution is 9.10. The van der Waals surface area contributed by atoms with Crippen LogP contribution in [0.4, 0.5) is 0 Å². The van der Waals surface area contributed by atoms with E-state index in [1.54, 1.807) is 18.2 Å². The molecule has 1 fully saturated rings. The molecule has 0 spiro atoms. The molecule has 25 heavy (non-hydrogen) atoms. The second-order valence-electron chi connectivity index (χ2n) is 6.09. The van der Waals surface area contributed by atoms with E-state index < -0.39 is 16.1 Å². The van der Waals surface area contributed by atoms with E-state index in [0.29, 0.717) is 37.6 Å². The van der Waals surface area contributed by atoms with Gasteiger partial charge in [0.25, 0.3) is 0 Å². The summed E-state index contributed by atoms with van der Waals surface area (Å²) < 4.78 is 27.7. The summed E-state index contributed by atoms with van der Waals surface area (Å²) in [5, 5.41) is 10.3. The molecule has 1 aliphatic rings. The molecule has 1 heterocycles. The maximum absolute atomic E-state index is 12.7. The Bertz CT molecular complexity index is 806. The zero-order valence-corrected chi connectivity index (χ0v) is 16.2. The monoisotopic (exact) mass is 424 g/mol. The van der Waals surface area contributed by atoms with Crippen molar-refractivity contribution in [1.82, 2.24) is 9.21 Å². The van der Waals surface area contributed by atoms with E-state index >= 15 is 0 Å². The minimum atomic E-state index is -3.47. The number of benzene rings is 2. The first kappa shape index (κ1) is 18.5. The standard InChI is InChI=1S/C18H21BrN2O3S/c19-16-7-4-8-17(13-16)25(23,24)21-11-9-20(10-12-21)14-18(22)15-5-2-1-3-6-15/h1-8,13,18,22H,9-12,14H2. The predicted octanol–water partition coefficient (Wildman–Crippen LogP) is 2.49. The number of aliphatic hydroxyl groups is 1. The Balaban J connectivity index is 1.60. The van der Waals surface area contributed by atoms with Crippen molar-refractivity contribution in [3.8, 4) is 0 Å². The summed E-state index contributed by atoms with van der Waals surface area (Å²) in [5.74, 6) is 0. The van der Waals surface area contributed by atoms with Crippen molar-refractivity contribution < 1.29 is 13.5 Å². The van der Waals surface area contributed by atoms with Gasteiger partial charge in [-0.05, 0) is 23.8 Å². The Labute approximate surface area is 157 Å². The largest absolute Gasteiger partial charge is 0.387 e. The van der Waals surface area contributed by atoms with Crippen molar-refractivity contribution in [3.63, 3.8) is 0 Å². The van der Waals surface area contributed by atoms with Crippen LogP contribution in [-0.4, -0.2) is 55.5 Å². The van der Waals surface area contributed by atoms with Gasteiger partial charge in [0, 0.05) is 37.2 Å². The van der Waals surface area contributed by atoms with Crippen LogP contribution < -0.4 is 0 Å². The van der Waals surface area contributed by atoms with Crippen molar-refractivity contribution >= 4 is 26.0 Å². The van der Waals surface area contributed by atoms with E-state index in [9.17, 15) is 13.5 Å². The number of sulfonamides is 1. The van der Waals surface area contributed by atoms with Crippen molar-refractivity contribution in [2.24, 2.45) is 0 Å². The van der Waals surface area contributed by atoms with Gasteiger partial charge in [0.2, 0.25) is 10.0 Å². The highest BCUT2D eigenvalue weighted by Gasteiger charge is 2.29. The molecule has 1 unspecified atom stereocenters. The van der Waals surface area contributed by atoms with Gasteiger partial charge in [-0.2, -0.15) is 4.31 Å². The number of hydrogen-bond donors (Lipinski definition) is 1. The Hall–Kier alpha value is -1.25. The second kappa shape index (κ2) is 7.97. The first-order valence-corrected chi connectivity index (χ1v) is 10.4. The summed E-state index contributed by atoms with van der Waals surface area (Å²) in [6.07, 6.45) is -0.561. The molecule has 1 saturated heterocycles. The number of nitrogens with zero attached hydrogens (tertiary/aromatic N) is 2. The van der Waals surface area contributed by atoms with Crippen LogP contribution >= 0.6 is 15.9 Å². The number of piperazine rings is 1. The number of rotatable bonds is 5. The van der Waals surface area contributed by atoms with Gasteiger partial charge < -0.3 is 5.11 Å². The zero-order valence-electron chi connectivity index (χ0n) is 13.8. The van der Waals surface area contributed by atoms with Crippen LogP contribution in [0.5, 0.6) is 0 Å². The van der Waals surface area contributed by atoms with Crippen LogP contribution in [0, 0.1) is 0 Å². The van der Waals surface area contributed by atoms with Crippen LogP contribution in [0.3, 0.4) is 0 Å². The molecule has 3 rings (SSSR count). The molecule has 0 aliphatic carbocycles. The van der Waals surface area contributed by atoms with E-state index in [1.165, 1.54) is 4.31 Å². The number of hydrogen-bond acceptors (Lipinski definition) is 4. The van der Waals surface area contributed by atoms with Crippen LogP contribution in [0.1, 0.15) is 11.7 Å². The third-order valence-electron chi connectivity index (χ3n) is 4.38. The third kappa shape index (κ3) is 4.48. The minimum absolute atomic E-state index is 0.305. The molecule has 1 aliphatic heterocycles. The van der Waals surface area contributed by atoms with Gasteiger partial charge in [0.15, 0.2) is 0 Å². The summed E-state index contributed by atoms with van der Waals surface area (Å²) in [6.45, 7) is 2.58. The summed E-state index contributed by atoms with van der Waals surface area (Å²) in [7, 11) is -3.47. The Kier molecular flexibility index (Phi) is 5.91. The Morgan fingerprint density at radius 1 is 1.00 bits per heavy atom. The molecule has 0 radical (unpaired) electrons. The van der Waals surface area contributed by atoms with Gasteiger partial charge in [-0.25, -0.2) is 8.42 Å². The summed E-state index contributed by atoms with van der Waals surface area (Å²) in [5.41, 5.74) is 0.881. The molecule has 7 heteroatoms. The van der Waals surface area contributed by atoms with Crippen LogP contribution in [-0.2, 0) is 10.0 Å². The quantitative estimate of drug-likeness (QED) is 0.800. The van der Waals surface area contributed by atoms with E-state index in [0.717, 1.165) is 10.0 Å². The van der Waals surface area contributed by atoms with Gasteiger partial charge in [-0.3, -0.25) is 4.90 Å². The summed E-state index contributed by atoms with van der Waals surface area (Å²) >= 11 is 3.32. The van der Waals surface area contributed by atoms with Gasteiger partial charge >= 0.3 is 0 Å². The molecular formula is C18H21BrN2O3S. The maximum Gasteiger partial charge on any atom is 0.243 e. The van der Waals surface area contributed by atoms with Crippen molar-refractivity contribution in [2.45, 2.75) is 11.0 Å². The predicted molar refractivity (Wildman–Crippen MR) is 101 cm³/mol. The first-order chi connectivity index (χ1) is 12.0.